The zero-order chi connectivity index (χ0) is 25.1. The van der Waals surface area contributed by atoms with Crippen LogP contribution in [-0.2, 0) is 0 Å². The lowest BCUT2D eigenvalue weighted by Crippen LogP contribution is -2.19. The number of aromatic nitrogens is 2. The lowest BCUT2D eigenvalue weighted by molar-refractivity contribution is 0.102. The number of nitrogens with zero attached hydrogens (tertiary/aromatic N) is 2. The predicted molar refractivity (Wildman–Crippen MR) is 145 cm³/mol. The summed E-state index contributed by atoms with van der Waals surface area (Å²) in [6.45, 7) is 0. The summed E-state index contributed by atoms with van der Waals surface area (Å²) in [5.41, 5.74) is 3.33. The molecule has 2 heterocycles. The maximum Gasteiger partial charge on any atom is 0.323 e. The highest BCUT2D eigenvalue weighted by atomic mass is 35.5. The molecule has 0 saturated heterocycles. The molecule has 36 heavy (non-hydrogen) atoms. The summed E-state index contributed by atoms with van der Waals surface area (Å²) < 4.78 is 1.98. The van der Waals surface area contributed by atoms with Crippen LogP contribution >= 0.6 is 23.2 Å². The minimum Gasteiger partial charge on any atom is -0.316 e. The maximum atomic E-state index is 12.6. The van der Waals surface area contributed by atoms with E-state index in [-0.39, 0.29) is 10.9 Å². The highest BCUT2D eigenvalue weighted by Crippen LogP contribution is 2.30. The fourth-order valence-corrected chi connectivity index (χ4v) is 4.10. The molecule has 3 amide bonds. The average molecular weight is 516 g/mol. The molecule has 3 aromatic carbocycles. The van der Waals surface area contributed by atoms with Gasteiger partial charge in [0.2, 0.25) is 0 Å². The first kappa shape index (κ1) is 23.4. The quantitative estimate of drug-likeness (QED) is 0.230. The molecule has 7 nitrogen and oxygen atoms in total. The van der Waals surface area contributed by atoms with Crippen molar-refractivity contribution >= 4 is 63.2 Å². The van der Waals surface area contributed by atoms with Gasteiger partial charge in [-0.15, -0.1) is 0 Å². The van der Waals surface area contributed by atoms with E-state index >= 15 is 0 Å². The fourth-order valence-electron chi connectivity index (χ4n) is 3.75. The Hall–Kier alpha value is -4.33. The number of halogens is 2. The summed E-state index contributed by atoms with van der Waals surface area (Å²) >= 11 is 12.1. The number of carbonyl (C=O) groups is 2. The Morgan fingerprint density at radius 1 is 0.778 bits per heavy atom. The van der Waals surface area contributed by atoms with Crippen LogP contribution in [0.1, 0.15) is 10.4 Å². The van der Waals surface area contributed by atoms with Crippen LogP contribution in [0.2, 0.25) is 10.0 Å². The number of pyridine rings is 1. The van der Waals surface area contributed by atoms with E-state index in [0.717, 1.165) is 16.6 Å². The molecule has 0 atom stereocenters. The van der Waals surface area contributed by atoms with E-state index in [2.05, 4.69) is 20.9 Å². The molecule has 0 fully saturated rings. The molecule has 0 bridgehead atoms. The van der Waals surface area contributed by atoms with Gasteiger partial charge in [0.15, 0.2) is 0 Å². The number of urea groups is 1. The summed E-state index contributed by atoms with van der Waals surface area (Å²) in [6, 6.07) is 24.7. The first-order valence-electron chi connectivity index (χ1n) is 10.9. The Labute approximate surface area is 216 Å². The number of carbonyl (C=O) groups excluding carboxylic acids is 2. The van der Waals surface area contributed by atoms with Gasteiger partial charge in [0.05, 0.1) is 21.2 Å². The van der Waals surface area contributed by atoms with Crippen LogP contribution in [0.25, 0.3) is 16.6 Å². The smallest absolute Gasteiger partial charge is 0.316 e. The molecular weight excluding hydrogens is 497 g/mol. The van der Waals surface area contributed by atoms with Crippen LogP contribution < -0.4 is 16.0 Å². The van der Waals surface area contributed by atoms with Gasteiger partial charge in [-0.1, -0.05) is 47.5 Å². The molecule has 5 aromatic rings. The number of anilines is 3. The molecule has 2 aromatic heterocycles. The number of fused-ring (bicyclic) bond motifs is 1. The molecule has 0 spiro atoms. The number of hydrogen-bond donors (Lipinski definition) is 3. The maximum absolute atomic E-state index is 12.6. The van der Waals surface area contributed by atoms with Crippen LogP contribution in [0.5, 0.6) is 0 Å². The molecule has 178 valence electrons. The van der Waals surface area contributed by atoms with Crippen molar-refractivity contribution in [3.05, 3.63) is 113 Å². The lowest BCUT2D eigenvalue weighted by atomic mass is 10.2. The number of nitrogens with one attached hydrogen (secondary N) is 3. The first-order chi connectivity index (χ1) is 17.5. The summed E-state index contributed by atoms with van der Waals surface area (Å²) in [7, 11) is 0. The van der Waals surface area contributed by atoms with Gasteiger partial charge in [-0.2, -0.15) is 0 Å². The fraction of sp³-hybridized carbons (Fsp3) is 0. The molecule has 0 aliphatic rings. The Balaban J connectivity index is 1.32. The summed E-state index contributed by atoms with van der Waals surface area (Å²) in [6.07, 6.45) is 3.56. The second-order valence-corrected chi connectivity index (χ2v) is 8.61. The van der Waals surface area contributed by atoms with E-state index < -0.39 is 6.03 Å². The van der Waals surface area contributed by atoms with E-state index in [9.17, 15) is 9.59 Å². The van der Waals surface area contributed by atoms with E-state index in [1.165, 1.54) is 0 Å². The van der Waals surface area contributed by atoms with E-state index in [1.54, 1.807) is 48.7 Å². The molecule has 9 heteroatoms. The van der Waals surface area contributed by atoms with Crippen LogP contribution in [0.4, 0.5) is 22.0 Å². The Morgan fingerprint density at radius 3 is 2.33 bits per heavy atom. The lowest BCUT2D eigenvalue weighted by Gasteiger charge is -2.11. The van der Waals surface area contributed by atoms with Crippen molar-refractivity contribution in [3.63, 3.8) is 0 Å². The largest absolute Gasteiger partial charge is 0.323 e. The molecule has 0 unspecified atom stereocenters. The van der Waals surface area contributed by atoms with Gasteiger partial charge in [-0.05, 0) is 60.7 Å². The minimum atomic E-state index is -0.441. The number of hydrogen-bond acceptors (Lipinski definition) is 3. The number of benzene rings is 3. The number of rotatable bonds is 5. The molecule has 0 aliphatic heterocycles. The second kappa shape index (κ2) is 10.1. The predicted octanol–water partition coefficient (Wildman–Crippen LogP) is 7.23. The monoisotopic (exact) mass is 515 g/mol. The first-order valence-corrected chi connectivity index (χ1v) is 11.7. The average Bonchev–Trinajstić information content (AvgIpc) is 3.33. The third-order valence-electron chi connectivity index (χ3n) is 5.49. The van der Waals surface area contributed by atoms with Gasteiger partial charge in [-0.25, -0.2) is 9.78 Å². The van der Waals surface area contributed by atoms with Gasteiger partial charge < -0.3 is 20.5 Å². The normalized spacial score (nSPS) is 10.7. The van der Waals surface area contributed by atoms with Crippen LogP contribution in [-0.4, -0.2) is 21.5 Å². The van der Waals surface area contributed by atoms with Gasteiger partial charge >= 0.3 is 6.03 Å². The Morgan fingerprint density at radius 2 is 1.56 bits per heavy atom. The zero-order valence-electron chi connectivity index (χ0n) is 18.7. The molecular formula is C27H19Cl2N5O2. The highest BCUT2D eigenvalue weighted by molar-refractivity contribution is 6.44. The SMILES string of the molecule is O=C(Nc1ccc(-n2ccc3c(NC(=O)c4ccccc4)nccc32)cc1)Nc1cccc(Cl)c1Cl. The Kier molecular flexibility index (Phi) is 6.58. The molecule has 0 radical (unpaired) electrons. The summed E-state index contributed by atoms with van der Waals surface area (Å²) in [5, 5.41) is 9.79. The van der Waals surface area contributed by atoms with Crippen molar-refractivity contribution in [2.75, 3.05) is 16.0 Å². The van der Waals surface area contributed by atoms with E-state index in [0.29, 0.717) is 27.8 Å². The van der Waals surface area contributed by atoms with Crippen molar-refractivity contribution in [3.8, 4) is 5.69 Å². The van der Waals surface area contributed by atoms with Gasteiger partial charge in [0, 0.05) is 34.7 Å². The summed E-state index contributed by atoms with van der Waals surface area (Å²) in [5.74, 6) is 0.255. The van der Waals surface area contributed by atoms with Crippen molar-refractivity contribution < 1.29 is 9.59 Å². The van der Waals surface area contributed by atoms with Crippen molar-refractivity contribution in [2.24, 2.45) is 0 Å². The van der Waals surface area contributed by atoms with Crippen LogP contribution in [0.15, 0.2) is 97.3 Å². The standard InChI is InChI=1S/C27H19Cl2N5O2/c28-21-7-4-8-22(24(21)29)32-27(36)31-18-9-11-19(12-10-18)34-16-14-20-23(34)13-15-30-25(20)33-26(35)17-5-2-1-3-6-17/h1-16H,(H,30,33,35)(H2,31,32,36). The minimum absolute atomic E-state index is 0.226. The van der Waals surface area contributed by atoms with Gasteiger partial charge in [0.25, 0.3) is 5.91 Å². The topological polar surface area (TPSA) is 88.1 Å². The number of amides is 3. The molecule has 3 N–H and O–H groups in total. The van der Waals surface area contributed by atoms with Crippen molar-refractivity contribution in [1.29, 1.82) is 0 Å². The van der Waals surface area contributed by atoms with Crippen molar-refractivity contribution in [2.45, 2.75) is 0 Å². The van der Waals surface area contributed by atoms with Gasteiger partial charge in [-0.3, -0.25) is 4.79 Å². The van der Waals surface area contributed by atoms with Gasteiger partial charge in [0.1, 0.15) is 5.82 Å². The Bertz CT molecular complexity index is 1570. The molecule has 0 aliphatic carbocycles. The van der Waals surface area contributed by atoms with Crippen molar-refractivity contribution in [1.82, 2.24) is 9.55 Å². The third kappa shape index (κ3) is 4.88. The second-order valence-electron chi connectivity index (χ2n) is 7.83. The van der Waals surface area contributed by atoms with E-state index in [4.69, 9.17) is 23.2 Å². The highest BCUT2D eigenvalue weighted by Gasteiger charge is 2.13. The van der Waals surface area contributed by atoms with E-state index in [1.807, 2.05) is 53.2 Å². The molecule has 5 rings (SSSR count). The van der Waals surface area contributed by atoms with Crippen LogP contribution in [0.3, 0.4) is 0 Å². The zero-order valence-corrected chi connectivity index (χ0v) is 20.2. The molecule has 0 saturated carbocycles. The van der Waals surface area contributed by atoms with Crippen LogP contribution in [0, 0.1) is 0 Å². The third-order valence-corrected chi connectivity index (χ3v) is 6.31. The summed E-state index contributed by atoms with van der Waals surface area (Å²) in [4.78, 5) is 29.3.